The highest BCUT2D eigenvalue weighted by atomic mass is 19.1. The summed E-state index contributed by atoms with van der Waals surface area (Å²) in [7, 11) is 0. The van der Waals surface area contributed by atoms with Crippen molar-refractivity contribution in [2.24, 2.45) is 0 Å². The molecule has 1 N–H and O–H groups in total. The lowest BCUT2D eigenvalue weighted by Crippen LogP contribution is -1.97. The zero-order valence-corrected chi connectivity index (χ0v) is 8.24. The van der Waals surface area contributed by atoms with Crippen LogP contribution in [0.25, 0.3) is 0 Å². The molecule has 1 rings (SSSR count). The van der Waals surface area contributed by atoms with Crippen LogP contribution in [0.5, 0.6) is 5.75 Å². The van der Waals surface area contributed by atoms with Crippen molar-refractivity contribution >= 4 is 5.97 Å². The average Bonchev–Trinajstić information content (AvgIpc) is 2.17. The predicted molar refractivity (Wildman–Crippen MR) is 53.4 cm³/mol. The predicted octanol–water partition coefficient (Wildman–Crippen LogP) is 2.15. The number of halogens is 1. The first-order valence-corrected chi connectivity index (χ1v) is 4.38. The van der Waals surface area contributed by atoms with Crippen molar-refractivity contribution in [2.45, 2.75) is 6.92 Å². The first-order chi connectivity index (χ1) is 7.09. The van der Waals surface area contributed by atoms with Crippen LogP contribution in [0.15, 0.2) is 30.4 Å². The Kier molecular flexibility index (Phi) is 3.85. The Labute approximate surface area is 86.8 Å². The number of aliphatic carboxylic acids is 1. The minimum Gasteiger partial charge on any atom is -0.489 e. The van der Waals surface area contributed by atoms with Crippen molar-refractivity contribution in [1.29, 1.82) is 0 Å². The van der Waals surface area contributed by atoms with Crippen LogP contribution in [0.1, 0.15) is 5.56 Å². The molecule has 0 aliphatic heterocycles. The Morgan fingerprint density at radius 1 is 1.60 bits per heavy atom. The van der Waals surface area contributed by atoms with Crippen LogP contribution in [0.3, 0.4) is 0 Å². The maximum absolute atomic E-state index is 12.8. The molecule has 1 aromatic rings. The van der Waals surface area contributed by atoms with E-state index in [0.29, 0.717) is 5.75 Å². The number of benzene rings is 1. The summed E-state index contributed by atoms with van der Waals surface area (Å²) in [4.78, 5) is 10.1. The van der Waals surface area contributed by atoms with Crippen molar-refractivity contribution in [2.75, 3.05) is 6.61 Å². The fourth-order valence-electron chi connectivity index (χ4n) is 1.02. The highest BCUT2D eigenvalue weighted by Gasteiger charge is 1.99. The first-order valence-electron chi connectivity index (χ1n) is 4.38. The molecule has 80 valence electrons. The van der Waals surface area contributed by atoms with E-state index < -0.39 is 5.97 Å². The average molecular weight is 210 g/mol. The molecule has 0 amide bonds. The van der Waals surface area contributed by atoms with Gasteiger partial charge in [-0.2, -0.15) is 0 Å². The topological polar surface area (TPSA) is 46.5 Å². The van der Waals surface area contributed by atoms with Gasteiger partial charge in [-0.05, 0) is 24.6 Å². The first kappa shape index (κ1) is 11.2. The van der Waals surface area contributed by atoms with Gasteiger partial charge < -0.3 is 9.84 Å². The van der Waals surface area contributed by atoms with Gasteiger partial charge in [0.15, 0.2) is 0 Å². The Morgan fingerprint density at radius 3 is 3.00 bits per heavy atom. The van der Waals surface area contributed by atoms with E-state index in [1.54, 1.807) is 13.0 Å². The molecular weight excluding hydrogens is 199 g/mol. The van der Waals surface area contributed by atoms with E-state index in [1.807, 2.05) is 0 Å². The standard InChI is InChI=1S/C11H11FO3/c1-8-4-5-9(12)7-10(8)15-6-2-3-11(13)14/h2-5,7H,6H2,1H3,(H,13,14)/b3-2+. The van der Waals surface area contributed by atoms with Crippen molar-refractivity contribution < 1.29 is 19.0 Å². The third kappa shape index (κ3) is 3.81. The van der Waals surface area contributed by atoms with Gasteiger partial charge in [-0.3, -0.25) is 0 Å². The molecule has 0 aliphatic carbocycles. The van der Waals surface area contributed by atoms with E-state index in [9.17, 15) is 9.18 Å². The largest absolute Gasteiger partial charge is 0.489 e. The SMILES string of the molecule is Cc1ccc(F)cc1OC/C=C/C(=O)O. The second kappa shape index (κ2) is 5.14. The number of ether oxygens (including phenoxy) is 1. The minimum absolute atomic E-state index is 0.108. The van der Waals surface area contributed by atoms with Gasteiger partial charge in [0, 0.05) is 12.1 Å². The summed E-state index contributed by atoms with van der Waals surface area (Å²) < 4.78 is 18.0. The molecule has 0 aliphatic rings. The molecule has 0 fully saturated rings. The van der Waals surface area contributed by atoms with Crippen molar-refractivity contribution in [3.63, 3.8) is 0 Å². The summed E-state index contributed by atoms with van der Waals surface area (Å²) in [5.74, 6) is -0.989. The number of aryl methyl sites for hydroxylation is 1. The number of carbonyl (C=O) groups is 1. The van der Waals surface area contributed by atoms with E-state index in [1.165, 1.54) is 18.2 Å². The minimum atomic E-state index is -1.03. The monoisotopic (exact) mass is 210 g/mol. The lowest BCUT2D eigenvalue weighted by atomic mass is 10.2. The number of rotatable bonds is 4. The van der Waals surface area contributed by atoms with Crippen molar-refractivity contribution in [1.82, 2.24) is 0 Å². The summed E-state index contributed by atoms with van der Waals surface area (Å²) in [6, 6.07) is 4.21. The van der Waals surface area contributed by atoms with E-state index >= 15 is 0 Å². The maximum atomic E-state index is 12.8. The maximum Gasteiger partial charge on any atom is 0.328 e. The molecule has 0 spiro atoms. The number of hydrogen-bond donors (Lipinski definition) is 1. The van der Waals surface area contributed by atoms with Crippen LogP contribution in [0.2, 0.25) is 0 Å². The Bertz CT molecular complexity index is 385. The number of carboxylic acids is 1. The number of hydrogen-bond acceptors (Lipinski definition) is 2. The normalized spacial score (nSPS) is 10.5. The second-order valence-electron chi connectivity index (χ2n) is 2.96. The quantitative estimate of drug-likeness (QED) is 0.774. The molecule has 0 heterocycles. The summed E-state index contributed by atoms with van der Waals surface area (Å²) in [5.41, 5.74) is 0.806. The third-order valence-corrected chi connectivity index (χ3v) is 1.75. The van der Waals surface area contributed by atoms with Crippen LogP contribution in [0, 0.1) is 12.7 Å². The van der Waals surface area contributed by atoms with E-state index in [2.05, 4.69) is 0 Å². The smallest absolute Gasteiger partial charge is 0.328 e. The van der Waals surface area contributed by atoms with Crippen LogP contribution >= 0.6 is 0 Å². The summed E-state index contributed by atoms with van der Waals surface area (Å²) in [5, 5.41) is 8.31. The molecule has 0 bridgehead atoms. The molecule has 0 saturated carbocycles. The van der Waals surface area contributed by atoms with Crippen LogP contribution < -0.4 is 4.74 Å². The van der Waals surface area contributed by atoms with Gasteiger partial charge >= 0.3 is 5.97 Å². The van der Waals surface area contributed by atoms with Gasteiger partial charge in [0.2, 0.25) is 0 Å². The summed E-state index contributed by atoms with van der Waals surface area (Å²) >= 11 is 0. The van der Waals surface area contributed by atoms with Crippen LogP contribution in [-0.2, 0) is 4.79 Å². The Hall–Kier alpha value is -1.84. The van der Waals surface area contributed by atoms with Gasteiger partial charge in [-0.25, -0.2) is 9.18 Å². The molecular formula is C11H11FO3. The van der Waals surface area contributed by atoms with Crippen LogP contribution in [0.4, 0.5) is 4.39 Å². The molecule has 0 aromatic heterocycles. The fraction of sp³-hybridized carbons (Fsp3) is 0.182. The molecule has 3 nitrogen and oxygen atoms in total. The lowest BCUT2D eigenvalue weighted by molar-refractivity contribution is -0.131. The van der Waals surface area contributed by atoms with Crippen molar-refractivity contribution in [3.05, 3.63) is 41.7 Å². The molecule has 4 heteroatoms. The zero-order valence-electron chi connectivity index (χ0n) is 8.24. The second-order valence-corrected chi connectivity index (χ2v) is 2.96. The van der Waals surface area contributed by atoms with Gasteiger partial charge in [0.25, 0.3) is 0 Å². The Morgan fingerprint density at radius 2 is 2.33 bits per heavy atom. The molecule has 0 radical (unpaired) electrons. The van der Waals surface area contributed by atoms with Crippen molar-refractivity contribution in [3.8, 4) is 5.75 Å². The summed E-state index contributed by atoms with van der Waals surface area (Å²) in [6.45, 7) is 1.90. The van der Waals surface area contributed by atoms with Gasteiger partial charge in [0.05, 0.1) is 0 Å². The Balaban J connectivity index is 2.57. The zero-order chi connectivity index (χ0) is 11.3. The van der Waals surface area contributed by atoms with Crippen LogP contribution in [-0.4, -0.2) is 17.7 Å². The molecule has 15 heavy (non-hydrogen) atoms. The highest BCUT2D eigenvalue weighted by Crippen LogP contribution is 2.18. The summed E-state index contributed by atoms with van der Waals surface area (Å²) in [6.07, 6.45) is 2.33. The van der Waals surface area contributed by atoms with Gasteiger partial charge in [-0.15, -0.1) is 0 Å². The van der Waals surface area contributed by atoms with E-state index in [4.69, 9.17) is 9.84 Å². The fourth-order valence-corrected chi connectivity index (χ4v) is 1.02. The molecule has 0 saturated heterocycles. The molecule has 1 aromatic carbocycles. The van der Waals surface area contributed by atoms with E-state index in [-0.39, 0.29) is 12.4 Å². The van der Waals surface area contributed by atoms with Gasteiger partial charge in [0.1, 0.15) is 18.2 Å². The van der Waals surface area contributed by atoms with E-state index in [0.717, 1.165) is 11.6 Å². The number of carboxylic acid groups (broad SMARTS) is 1. The van der Waals surface area contributed by atoms with Gasteiger partial charge in [-0.1, -0.05) is 6.07 Å². The third-order valence-electron chi connectivity index (χ3n) is 1.75. The molecule has 0 unspecified atom stereocenters. The lowest BCUT2D eigenvalue weighted by Gasteiger charge is -2.06. The highest BCUT2D eigenvalue weighted by molar-refractivity contribution is 5.79. The molecule has 0 atom stereocenters.